The Balaban J connectivity index is 2.06. The molecule has 3 rings (SSSR count). The minimum Gasteiger partial charge on any atom is -0.322 e. The van der Waals surface area contributed by atoms with Gasteiger partial charge in [0, 0.05) is 24.2 Å². The summed E-state index contributed by atoms with van der Waals surface area (Å²) in [5.74, 6) is -1.02. The second-order valence-electron chi connectivity index (χ2n) is 5.06. The Morgan fingerprint density at radius 1 is 1.17 bits per heavy atom. The van der Waals surface area contributed by atoms with E-state index in [-0.39, 0.29) is 16.1 Å². The number of carbonyl (C=O) groups excluding carboxylic acids is 1. The normalized spacial score (nSPS) is 10.7. The first-order valence-electron chi connectivity index (χ1n) is 6.82. The Morgan fingerprint density at radius 2 is 1.91 bits per heavy atom. The zero-order valence-electron chi connectivity index (χ0n) is 12.1. The van der Waals surface area contributed by atoms with Gasteiger partial charge in [-0.2, -0.15) is 0 Å². The van der Waals surface area contributed by atoms with Crippen LogP contribution in [0.2, 0.25) is 5.02 Å². The first-order chi connectivity index (χ1) is 11.0. The van der Waals surface area contributed by atoms with Crippen molar-refractivity contribution < 1.29 is 9.18 Å². The molecule has 3 aromatic rings. The van der Waals surface area contributed by atoms with Gasteiger partial charge in [0.1, 0.15) is 5.82 Å². The molecule has 0 atom stereocenters. The number of nitrogens with zero attached hydrogens (tertiary/aromatic N) is 1. The van der Waals surface area contributed by atoms with Crippen molar-refractivity contribution in [2.24, 2.45) is 7.05 Å². The molecule has 23 heavy (non-hydrogen) atoms. The third-order valence-corrected chi connectivity index (χ3v) is 3.87. The molecule has 0 spiro atoms. The van der Waals surface area contributed by atoms with E-state index in [1.165, 1.54) is 28.8 Å². The van der Waals surface area contributed by atoms with Crippen LogP contribution < -0.4 is 10.9 Å². The summed E-state index contributed by atoms with van der Waals surface area (Å²) in [6.07, 6.45) is 0. The first kappa shape index (κ1) is 15.2. The number of benzene rings is 2. The highest BCUT2D eigenvalue weighted by molar-refractivity contribution is 6.31. The number of aryl methyl sites for hydroxylation is 1. The average molecular weight is 331 g/mol. The van der Waals surface area contributed by atoms with Crippen LogP contribution in [0.4, 0.5) is 10.1 Å². The maximum atomic E-state index is 13.2. The molecule has 0 saturated heterocycles. The van der Waals surface area contributed by atoms with Gasteiger partial charge in [0.2, 0.25) is 0 Å². The van der Waals surface area contributed by atoms with Crippen LogP contribution in [0, 0.1) is 5.82 Å². The summed E-state index contributed by atoms with van der Waals surface area (Å²) in [5, 5.41) is 3.19. The third-order valence-electron chi connectivity index (χ3n) is 3.58. The van der Waals surface area contributed by atoms with Crippen molar-refractivity contribution in [1.82, 2.24) is 4.57 Å². The van der Waals surface area contributed by atoms with Gasteiger partial charge in [-0.3, -0.25) is 9.59 Å². The summed E-state index contributed by atoms with van der Waals surface area (Å²) in [5.41, 5.74) is 0.976. The molecule has 0 radical (unpaired) electrons. The van der Waals surface area contributed by atoms with Gasteiger partial charge in [-0.15, -0.1) is 0 Å². The second-order valence-corrected chi connectivity index (χ2v) is 5.46. The molecule has 0 saturated carbocycles. The lowest BCUT2D eigenvalue weighted by Gasteiger charge is -2.11. The van der Waals surface area contributed by atoms with E-state index in [9.17, 15) is 14.0 Å². The molecule has 1 amide bonds. The van der Waals surface area contributed by atoms with Crippen molar-refractivity contribution in [3.05, 3.63) is 75.3 Å². The molecule has 1 heterocycles. The van der Waals surface area contributed by atoms with Gasteiger partial charge in [0.05, 0.1) is 16.1 Å². The number of halogens is 2. The highest BCUT2D eigenvalue weighted by atomic mass is 35.5. The lowest BCUT2D eigenvalue weighted by Crippen LogP contribution is -2.21. The Morgan fingerprint density at radius 3 is 2.65 bits per heavy atom. The molecule has 0 aliphatic rings. The molecule has 0 bridgehead atoms. The smallest absolute Gasteiger partial charge is 0.256 e. The Kier molecular flexibility index (Phi) is 3.88. The molecule has 0 aliphatic heterocycles. The molecule has 2 aromatic carbocycles. The number of para-hydroxylation sites is 1. The summed E-state index contributed by atoms with van der Waals surface area (Å²) in [6.45, 7) is 0. The van der Waals surface area contributed by atoms with Crippen LogP contribution in [0.25, 0.3) is 10.9 Å². The number of nitrogens with one attached hydrogen (secondary N) is 1. The minimum atomic E-state index is -0.566. The van der Waals surface area contributed by atoms with Crippen molar-refractivity contribution in [3.8, 4) is 0 Å². The number of amides is 1. The summed E-state index contributed by atoms with van der Waals surface area (Å²) in [6, 6.07) is 12.3. The van der Waals surface area contributed by atoms with Crippen LogP contribution in [-0.4, -0.2) is 10.5 Å². The van der Waals surface area contributed by atoms with Gasteiger partial charge < -0.3 is 9.88 Å². The molecule has 116 valence electrons. The Bertz CT molecular complexity index is 982. The van der Waals surface area contributed by atoms with Crippen molar-refractivity contribution >= 4 is 34.1 Å². The van der Waals surface area contributed by atoms with Gasteiger partial charge in [-0.1, -0.05) is 29.8 Å². The molecular weight excluding hydrogens is 319 g/mol. The van der Waals surface area contributed by atoms with E-state index in [1.54, 1.807) is 31.3 Å². The molecule has 0 unspecified atom stereocenters. The number of hydrogen-bond acceptors (Lipinski definition) is 2. The fraction of sp³-hybridized carbons (Fsp3) is 0.0588. The Hall–Kier alpha value is -2.66. The number of carbonyl (C=O) groups is 1. The van der Waals surface area contributed by atoms with Crippen molar-refractivity contribution in [1.29, 1.82) is 0 Å². The maximum absolute atomic E-state index is 13.2. The van der Waals surface area contributed by atoms with Crippen molar-refractivity contribution in [2.45, 2.75) is 0 Å². The molecule has 1 N–H and O–H groups in total. The molecule has 0 fully saturated rings. The predicted octanol–water partition coefficient (Wildman–Crippen LogP) is 3.58. The van der Waals surface area contributed by atoms with E-state index in [2.05, 4.69) is 5.32 Å². The van der Waals surface area contributed by atoms with Gasteiger partial charge in [-0.25, -0.2) is 4.39 Å². The van der Waals surface area contributed by atoms with Crippen molar-refractivity contribution in [2.75, 3.05) is 5.32 Å². The van der Waals surface area contributed by atoms with Crippen molar-refractivity contribution in [3.63, 3.8) is 0 Å². The number of fused-ring (bicyclic) bond motifs is 1. The van der Waals surface area contributed by atoms with E-state index < -0.39 is 11.7 Å². The predicted molar refractivity (Wildman–Crippen MR) is 88.6 cm³/mol. The fourth-order valence-electron chi connectivity index (χ4n) is 2.37. The van der Waals surface area contributed by atoms with Crippen LogP contribution in [0.1, 0.15) is 10.4 Å². The lowest BCUT2D eigenvalue weighted by molar-refractivity contribution is 0.102. The zero-order valence-corrected chi connectivity index (χ0v) is 12.9. The Labute approximate surface area is 136 Å². The highest BCUT2D eigenvalue weighted by Crippen LogP contribution is 2.21. The van der Waals surface area contributed by atoms with E-state index >= 15 is 0 Å². The van der Waals surface area contributed by atoms with Gasteiger partial charge >= 0.3 is 0 Å². The van der Waals surface area contributed by atoms with Crippen LogP contribution in [-0.2, 0) is 7.05 Å². The lowest BCUT2D eigenvalue weighted by atomic mass is 10.1. The number of rotatable bonds is 2. The van der Waals surface area contributed by atoms with Gasteiger partial charge in [0.25, 0.3) is 11.5 Å². The SMILES string of the molecule is Cn1c(=O)cc(C(=O)Nc2ccc(F)c(Cl)c2)c2ccccc21. The van der Waals surface area contributed by atoms with Crippen LogP contribution in [0.15, 0.2) is 53.3 Å². The molecule has 1 aromatic heterocycles. The molecule has 4 nitrogen and oxygen atoms in total. The second kappa shape index (κ2) is 5.85. The van der Waals surface area contributed by atoms with E-state index in [1.807, 2.05) is 0 Å². The highest BCUT2D eigenvalue weighted by Gasteiger charge is 2.14. The topological polar surface area (TPSA) is 51.1 Å². The quantitative estimate of drug-likeness (QED) is 0.780. The van der Waals surface area contributed by atoms with Crippen LogP contribution in [0.5, 0.6) is 0 Å². The van der Waals surface area contributed by atoms with Gasteiger partial charge in [-0.05, 0) is 24.3 Å². The number of hydrogen-bond donors (Lipinski definition) is 1. The fourth-order valence-corrected chi connectivity index (χ4v) is 2.55. The van der Waals surface area contributed by atoms with Crippen LogP contribution >= 0.6 is 11.6 Å². The summed E-state index contributed by atoms with van der Waals surface area (Å²) in [7, 11) is 1.64. The molecule has 6 heteroatoms. The van der Waals surface area contributed by atoms with E-state index in [0.29, 0.717) is 16.6 Å². The zero-order chi connectivity index (χ0) is 16.6. The molecular formula is C17H12ClFN2O2. The third kappa shape index (κ3) is 2.83. The average Bonchev–Trinajstić information content (AvgIpc) is 2.54. The summed E-state index contributed by atoms with van der Waals surface area (Å²) >= 11 is 5.70. The van der Waals surface area contributed by atoms with E-state index in [0.717, 1.165) is 0 Å². The minimum absolute atomic E-state index is 0.0865. The monoisotopic (exact) mass is 330 g/mol. The number of anilines is 1. The molecule has 0 aliphatic carbocycles. The number of pyridine rings is 1. The van der Waals surface area contributed by atoms with E-state index in [4.69, 9.17) is 11.6 Å². The standard InChI is InChI=1S/C17H12ClFN2O2/c1-21-15-5-3-2-4-11(15)12(9-16(21)22)17(23)20-10-6-7-14(19)13(18)8-10/h2-9H,1H3,(H,20,23). The summed E-state index contributed by atoms with van der Waals surface area (Å²) < 4.78 is 14.6. The van der Waals surface area contributed by atoms with Crippen LogP contribution in [0.3, 0.4) is 0 Å². The first-order valence-corrected chi connectivity index (χ1v) is 7.20. The number of aromatic nitrogens is 1. The van der Waals surface area contributed by atoms with Gasteiger partial charge in [0.15, 0.2) is 0 Å². The maximum Gasteiger partial charge on any atom is 0.256 e. The summed E-state index contributed by atoms with van der Waals surface area (Å²) in [4.78, 5) is 24.5. The largest absolute Gasteiger partial charge is 0.322 e.